The number of nitrogens with zero attached hydrogens (tertiary/aromatic N) is 2. The summed E-state index contributed by atoms with van der Waals surface area (Å²) in [6, 6.07) is 18.9. The van der Waals surface area contributed by atoms with Crippen molar-refractivity contribution in [2.75, 3.05) is 4.90 Å². The minimum Gasteiger partial charge on any atom is -0.398 e. The van der Waals surface area contributed by atoms with Crippen LogP contribution in [0.4, 0.5) is 5.69 Å². The number of aryl methyl sites for hydroxylation is 2. The number of hydrogen-bond donors (Lipinski definition) is 2. The number of nitrogens with one attached hydrogen (secondary N) is 1. The highest BCUT2D eigenvalue weighted by atomic mass is 15.1. The van der Waals surface area contributed by atoms with Gasteiger partial charge in [0.05, 0.1) is 22.6 Å². The van der Waals surface area contributed by atoms with Crippen LogP contribution in [-0.4, -0.2) is 10.6 Å². The lowest BCUT2D eigenvalue weighted by Crippen LogP contribution is -2.31. The second-order valence-electron chi connectivity index (χ2n) is 9.45. The Labute approximate surface area is 203 Å². The van der Waals surface area contributed by atoms with Gasteiger partial charge in [-0.05, 0) is 57.4 Å². The lowest BCUT2D eigenvalue weighted by atomic mass is 10.0. The summed E-state index contributed by atoms with van der Waals surface area (Å²) in [5.74, 6) is 0. The molecule has 0 amide bonds. The molecule has 0 fully saturated rings. The number of rotatable bonds is 10. The molecule has 3 N–H and O–H groups in total. The zero-order chi connectivity index (χ0) is 23.9. The number of nitrogens with two attached hydrogens (primary N) is 1. The van der Waals surface area contributed by atoms with Crippen molar-refractivity contribution in [2.45, 2.75) is 71.4 Å². The van der Waals surface area contributed by atoms with Gasteiger partial charge in [0.25, 0.3) is 0 Å². The van der Waals surface area contributed by atoms with Gasteiger partial charge in [0.2, 0.25) is 0 Å². The summed E-state index contributed by atoms with van der Waals surface area (Å²) in [5.41, 5.74) is 11.8. The summed E-state index contributed by atoms with van der Waals surface area (Å²) in [4.78, 5) is 2.32. The topological polar surface area (TPSA) is 58.0 Å². The van der Waals surface area contributed by atoms with E-state index in [9.17, 15) is 0 Å². The zero-order valence-electron chi connectivity index (χ0n) is 20.6. The van der Waals surface area contributed by atoms with Crippen LogP contribution in [0.5, 0.6) is 0 Å². The quantitative estimate of drug-likeness (QED) is 0.328. The first-order valence-electron chi connectivity index (χ1n) is 12.7. The molecule has 4 heteroatoms. The van der Waals surface area contributed by atoms with E-state index in [1.165, 1.54) is 55.4 Å². The summed E-state index contributed by atoms with van der Waals surface area (Å²) in [6.07, 6.45) is 15.4. The third kappa shape index (κ3) is 5.44. The van der Waals surface area contributed by atoms with E-state index in [0.717, 1.165) is 29.6 Å². The van der Waals surface area contributed by atoms with Crippen LogP contribution >= 0.6 is 0 Å². The van der Waals surface area contributed by atoms with Crippen LogP contribution in [0, 0.1) is 12.3 Å². The fraction of sp³-hybridized carbons (Fsp3) is 0.367. The molecule has 4 rings (SSSR count). The first-order valence-corrected chi connectivity index (χ1v) is 12.7. The Balaban J connectivity index is 1.16. The number of benzene rings is 2. The molecule has 1 unspecified atom stereocenters. The smallest absolute Gasteiger partial charge is 0.0650 e. The summed E-state index contributed by atoms with van der Waals surface area (Å²) >= 11 is 0. The van der Waals surface area contributed by atoms with Crippen molar-refractivity contribution in [3.05, 3.63) is 89.6 Å². The Morgan fingerprint density at radius 3 is 2.50 bits per heavy atom. The average Bonchev–Trinajstić information content (AvgIpc) is 2.83. The monoisotopic (exact) mass is 454 g/mol. The van der Waals surface area contributed by atoms with Gasteiger partial charge in [-0.25, -0.2) is 0 Å². The van der Waals surface area contributed by atoms with Gasteiger partial charge >= 0.3 is 0 Å². The number of allylic oxidation sites excluding steroid dienone is 1. The fourth-order valence-electron chi connectivity index (χ4n) is 5.02. The van der Waals surface area contributed by atoms with Gasteiger partial charge in [0.15, 0.2) is 0 Å². The second kappa shape index (κ2) is 11.2. The van der Waals surface area contributed by atoms with Crippen molar-refractivity contribution >= 4 is 22.3 Å². The lowest BCUT2D eigenvalue weighted by Gasteiger charge is -2.32. The molecule has 2 aromatic carbocycles. The van der Waals surface area contributed by atoms with Gasteiger partial charge < -0.3 is 20.6 Å². The van der Waals surface area contributed by atoms with Crippen molar-refractivity contribution in [1.29, 1.82) is 5.41 Å². The van der Waals surface area contributed by atoms with Gasteiger partial charge in [-0.2, -0.15) is 0 Å². The van der Waals surface area contributed by atoms with Crippen LogP contribution in [0.15, 0.2) is 72.9 Å². The van der Waals surface area contributed by atoms with E-state index in [1.807, 2.05) is 18.2 Å². The number of aromatic nitrogens is 1. The summed E-state index contributed by atoms with van der Waals surface area (Å²) < 4.78 is 2.38. The minimum absolute atomic E-state index is 0.280. The Hall–Kier alpha value is -3.27. The summed E-state index contributed by atoms with van der Waals surface area (Å²) in [7, 11) is 0. The lowest BCUT2D eigenvalue weighted by molar-refractivity contribution is 0.554. The largest absolute Gasteiger partial charge is 0.398 e. The van der Waals surface area contributed by atoms with Gasteiger partial charge in [0.1, 0.15) is 0 Å². The molecule has 0 radical (unpaired) electrons. The molecule has 1 aromatic heterocycles. The first kappa shape index (κ1) is 23.9. The van der Waals surface area contributed by atoms with E-state index in [-0.39, 0.29) is 6.04 Å². The molecule has 0 saturated heterocycles. The zero-order valence-corrected chi connectivity index (χ0v) is 20.6. The van der Waals surface area contributed by atoms with Crippen molar-refractivity contribution in [3.8, 4) is 0 Å². The van der Waals surface area contributed by atoms with E-state index in [1.54, 1.807) is 0 Å². The second-order valence-corrected chi connectivity index (χ2v) is 9.45. The van der Waals surface area contributed by atoms with Gasteiger partial charge in [-0.3, -0.25) is 0 Å². The molecule has 178 valence electrons. The van der Waals surface area contributed by atoms with E-state index >= 15 is 0 Å². The third-order valence-corrected chi connectivity index (χ3v) is 6.89. The Morgan fingerprint density at radius 2 is 1.65 bits per heavy atom. The number of anilines is 1. The number of hydrogen-bond acceptors (Lipinski definition) is 3. The fourth-order valence-corrected chi connectivity index (χ4v) is 5.02. The molecule has 0 saturated carbocycles. The molecule has 34 heavy (non-hydrogen) atoms. The van der Waals surface area contributed by atoms with Crippen LogP contribution in [0.25, 0.3) is 16.6 Å². The maximum atomic E-state index is 8.22. The molecule has 1 aliphatic heterocycles. The summed E-state index contributed by atoms with van der Waals surface area (Å²) in [5, 5.41) is 9.89. The van der Waals surface area contributed by atoms with Crippen molar-refractivity contribution < 1.29 is 0 Å². The first-order chi connectivity index (χ1) is 16.6. The molecule has 1 aliphatic rings. The molecular weight excluding hydrogens is 416 g/mol. The highest BCUT2D eigenvalue weighted by molar-refractivity contribution is 5.80. The Kier molecular flexibility index (Phi) is 7.89. The predicted molar refractivity (Wildman–Crippen MR) is 145 cm³/mol. The number of pyridine rings is 1. The molecule has 0 spiro atoms. The average molecular weight is 455 g/mol. The van der Waals surface area contributed by atoms with E-state index in [4.69, 9.17) is 11.1 Å². The molecule has 0 aliphatic carbocycles. The molecular formula is C30H38N4. The Morgan fingerprint density at radius 1 is 0.941 bits per heavy atom. The van der Waals surface area contributed by atoms with Crippen LogP contribution < -0.4 is 16.0 Å². The standard InChI is InChI=1S/C30H38N4/c1-23-21-27(31)25-15-9-11-17-29(25)33(23)19-13-7-5-3-4-6-8-14-20-34-24(2)22-28(32)26-16-10-12-18-30(26)34/h9-13,15-19,21-23,32H,3-8,14,20,31H2,1-2H3/b19-13+,32-28?. The maximum absolute atomic E-state index is 8.22. The minimum atomic E-state index is 0.280. The van der Waals surface area contributed by atoms with E-state index < -0.39 is 0 Å². The van der Waals surface area contributed by atoms with Crippen LogP contribution in [-0.2, 0) is 6.54 Å². The predicted octanol–water partition coefficient (Wildman–Crippen LogP) is 6.88. The van der Waals surface area contributed by atoms with Crippen LogP contribution in [0.2, 0.25) is 0 Å². The third-order valence-electron chi connectivity index (χ3n) is 6.89. The highest BCUT2D eigenvalue weighted by Crippen LogP contribution is 2.31. The molecule has 1 atom stereocenters. The number of unbranched alkanes of at least 4 members (excludes halogenated alkanes) is 6. The number of fused-ring (bicyclic) bond motifs is 2. The van der Waals surface area contributed by atoms with Crippen molar-refractivity contribution in [1.82, 2.24) is 4.57 Å². The SMILES string of the molecule is Cc1cc(=N)c2ccccc2n1CCCCCCCC/C=C/N1c2ccccc2C(N)=CC1C. The molecule has 3 aromatic rings. The van der Waals surface area contributed by atoms with Gasteiger partial charge in [0, 0.05) is 35.1 Å². The molecule has 4 nitrogen and oxygen atoms in total. The maximum Gasteiger partial charge on any atom is 0.0650 e. The molecule has 0 bridgehead atoms. The van der Waals surface area contributed by atoms with Gasteiger partial charge in [-0.1, -0.05) is 68.2 Å². The Bertz CT molecular complexity index is 1230. The van der Waals surface area contributed by atoms with Crippen LogP contribution in [0.3, 0.4) is 0 Å². The summed E-state index contributed by atoms with van der Waals surface area (Å²) in [6.45, 7) is 5.34. The number of para-hydroxylation sites is 2. The normalized spacial score (nSPS) is 15.6. The van der Waals surface area contributed by atoms with Gasteiger partial charge in [-0.15, -0.1) is 0 Å². The van der Waals surface area contributed by atoms with E-state index in [2.05, 4.69) is 78.1 Å². The van der Waals surface area contributed by atoms with Crippen molar-refractivity contribution in [3.63, 3.8) is 0 Å². The highest BCUT2D eigenvalue weighted by Gasteiger charge is 2.20. The van der Waals surface area contributed by atoms with Crippen LogP contribution in [0.1, 0.15) is 63.1 Å². The van der Waals surface area contributed by atoms with Crippen molar-refractivity contribution in [2.24, 2.45) is 5.73 Å². The molecule has 2 heterocycles. The van der Waals surface area contributed by atoms with E-state index in [0.29, 0.717) is 5.36 Å².